The van der Waals surface area contributed by atoms with E-state index in [0.29, 0.717) is 27.8 Å². The van der Waals surface area contributed by atoms with E-state index in [4.69, 9.17) is 21.1 Å². The highest BCUT2D eigenvalue weighted by Gasteiger charge is 2.28. The topological polar surface area (TPSA) is 84.9 Å². The Balaban J connectivity index is 1.90. The smallest absolute Gasteiger partial charge is 0.243 e. The average Bonchev–Trinajstić information content (AvgIpc) is 2.80. The molecular formula is C23H22BrClN2O5S. The SMILES string of the molecule is COc1ccc(NC(=O)CN(Cc2ccccc2Cl)S(=O)(=O)c2ccc(Br)cc2)c(OC)c1. The van der Waals surface area contributed by atoms with E-state index in [1.54, 1.807) is 54.6 Å². The second-order valence-corrected chi connectivity index (χ2v) is 10.2. The van der Waals surface area contributed by atoms with Crippen LogP contribution in [0.4, 0.5) is 5.69 Å². The molecule has 1 N–H and O–H groups in total. The van der Waals surface area contributed by atoms with Gasteiger partial charge < -0.3 is 14.8 Å². The Bertz CT molecular complexity index is 1240. The lowest BCUT2D eigenvalue weighted by molar-refractivity contribution is -0.116. The summed E-state index contributed by atoms with van der Waals surface area (Å²) in [5, 5.41) is 3.12. The summed E-state index contributed by atoms with van der Waals surface area (Å²) in [5.74, 6) is 0.408. The first-order chi connectivity index (χ1) is 15.7. The predicted molar refractivity (Wildman–Crippen MR) is 131 cm³/mol. The van der Waals surface area contributed by atoms with Gasteiger partial charge in [0, 0.05) is 22.1 Å². The largest absolute Gasteiger partial charge is 0.497 e. The van der Waals surface area contributed by atoms with Crippen LogP contribution >= 0.6 is 27.5 Å². The van der Waals surface area contributed by atoms with Gasteiger partial charge in [0.2, 0.25) is 15.9 Å². The lowest BCUT2D eigenvalue weighted by atomic mass is 10.2. The minimum Gasteiger partial charge on any atom is -0.497 e. The number of hydrogen-bond acceptors (Lipinski definition) is 5. The molecule has 3 rings (SSSR count). The fourth-order valence-electron chi connectivity index (χ4n) is 3.05. The van der Waals surface area contributed by atoms with Gasteiger partial charge in [0.1, 0.15) is 11.5 Å². The molecule has 0 heterocycles. The first-order valence-corrected chi connectivity index (χ1v) is 12.4. The van der Waals surface area contributed by atoms with Crippen LogP contribution in [0.1, 0.15) is 5.56 Å². The number of ether oxygens (including phenoxy) is 2. The lowest BCUT2D eigenvalue weighted by Crippen LogP contribution is -2.37. The van der Waals surface area contributed by atoms with Gasteiger partial charge in [-0.05, 0) is 48.0 Å². The van der Waals surface area contributed by atoms with Gasteiger partial charge in [-0.15, -0.1) is 0 Å². The molecule has 0 aromatic heterocycles. The second kappa shape index (κ2) is 11.0. The minimum atomic E-state index is -4.00. The average molecular weight is 554 g/mol. The number of anilines is 1. The van der Waals surface area contributed by atoms with Crippen molar-refractivity contribution in [2.75, 3.05) is 26.1 Å². The standard InChI is InChI=1S/C23H22BrClN2O5S/c1-31-18-9-12-21(22(13-18)32-2)26-23(28)15-27(14-16-5-3-4-6-20(16)25)33(29,30)19-10-7-17(24)8-11-19/h3-13H,14-15H2,1-2H3,(H,26,28). The molecule has 0 fully saturated rings. The number of hydrogen-bond donors (Lipinski definition) is 1. The van der Waals surface area contributed by atoms with Crippen molar-refractivity contribution >= 4 is 49.1 Å². The summed E-state index contributed by atoms with van der Waals surface area (Å²) in [7, 11) is -1.02. The Kier molecular flexibility index (Phi) is 8.36. The molecule has 10 heteroatoms. The first-order valence-electron chi connectivity index (χ1n) is 9.75. The number of halogens is 2. The van der Waals surface area contributed by atoms with E-state index in [9.17, 15) is 13.2 Å². The van der Waals surface area contributed by atoms with Crippen LogP contribution in [0.5, 0.6) is 11.5 Å². The Labute approximate surface area is 206 Å². The van der Waals surface area contributed by atoms with E-state index in [1.165, 1.54) is 26.4 Å². The third kappa shape index (κ3) is 6.26. The molecule has 0 saturated carbocycles. The Morgan fingerprint density at radius 3 is 2.36 bits per heavy atom. The molecule has 0 bridgehead atoms. The minimum absolute atomic E-state index is 0.0626. The van der Waals surface area contributed by atoms with Crippen molar-refractivity contribution < 1.29 is 22.7 Å². The van der Waals surface area contributed by atoms with E-state index in [2.05, 4.69) is 21.2 Å². The monoisotopic (exact) mass is 552 g/mol. The summed E-state index contributed by atoms with van der Waals surface area (Å²) in [6.45, 7) is -0.510. The molecule has 0 spiro atoms. The fourth-order valence-corrected chi connectivity index (χ4v) is 4.88. The Hall–Kier alpha value is -2.59. The molecule has 33 heavy (non-hydrogen) atoms. The predicted octanol–water partition coefficient (Wildman–Crippen LogP) is 4.95. The highest BCUT2D eigenvalue weighted by Crippen LogP contribution is 2.29. The number of carbonyl (C=O) groups is 1. The van der Waals surface area contributed by atoms with Gasteiger partial charge in [0.15, 0.2) is 0 Å². The molecule has 7 nitrogen and oxygen atoms in total. The number of methoxy groups -OCH3 is 2. The molecule has 0 saturated heterocycles. The van der Waals surface area contributed by atoms with Gasteiger partial charge in [0.25, 0.3) is 0 Å². The van der Waals surface area contributed by atoms with Gasteiger partial charge >= 0.3 is 0 Å². The quantitative estimate of drug-likeness (QED) is 0.405. The summed E-state index contributed by atoms with van der Waals surface area (Å²) < 4.78 is 39.1. The van der Waals surface area contributed by atoms with Crippen LogP contribution < -0.4 is 14.8 Å². The van der Waals surface area contributed by atoms with E-state index in [1.807, 2.05) is 0 Å². The van der Waals surface area contributed by atoms with Gasteiger partial charge in [0.05, 0.1) is 31.3 Å². The van der Waals surface area contributed by atoms with Crippen LogP contribution in [-0.4, -0.2) is 39.4 Å². The third-order valence-electron chi connectivity index (χ3n) is 4.76. The number of amides is 1. The normalized spacial score (nSPS) is 11.3. The molecule has 0 atom stereocenters. The van der Waals surface area contributed by atoms with Crippen LogP contribution in [0.3, 0.4) is 0 Å². The number of carbonyl (C=O) groups excluding carboxylic acids is 1. The van der Waals surface area contributed by atoms with Crippen molar-refractivity contribution in [3.05, 3.63) is 81.8 Å². The van der Waals surface area contributed by atoms with E-state index >= 15 is 0 Å². The van der Waals surface area contributed by atoms with Gasteiger partial charge in [-0.3, -0.25) is 4.79 Å². The van der Waals surface area contributed by atoms with Crippen molar-refractivity contribution in [1.82, 2.24) is 4.31 Å². The molecule has 0 aliphatic carbocycles. The molecule has 0 radical (unpaired) electrons. The molecule has 3 aromatic carbocycles. The third-order valence-corrected chi connectivity index (χ3v) is 7.46. The Morgan fingerprint density at radius 1 is 1.03 bits per heavy atom. The van der Waals surface area contributed by atoms with E-state index in [-0.39, 0.29) is 11.4 Å². The summed E-state index contributed by atoms with van der Waals surface area (Å²) in [4.78, 5) is 13.0. The highest BCUT2D eigenvalue weighted by molar-refractivity contribution is 9.10. The first kappa shape index (κ1) is 25.0. The van der Waals surface area contributed by atoms with Crippen LogP contribution in [0.25, 0.3) is 0 Å². The van der Waals surface area contributed by atoms with Crippen molar-refractivity contribution in [2.24, 2.45) is 0 Å². The zero-order chi connectivity index (χ0) is 24.0. The number of nitrogens with one attached hydrogen (secondary N) is 1. The summed E-state index contributed by atoms with van der Waals surface area (Å²) in [5.41, 5.74) is 0.969. The lowest BCUT2D eigenvalue weighted by Gasteiger charge is -2.23. The summed E-state index contributed by atoms with van der Waals surface area (Å²) in [6.07, 6.45) is 0. The van der Waals surface area contributed by atoms with E-state index in [0.717, 1.165) is 8.78 Å². The fraction of sp³-hybridized carbons (Fsp3) is 0.174. The molecular weight excluding hydrogens is 532 g/mol. The number of benzene rings is 3. The van der Waals surface area contributed by atoms with Crippen LogP contribution in [-0.2, 0) is 21.4 Å². The van der Waals surface area contributed by atoms with Crippen molar-refractivity contribution in [2.45, 2.75) is 11.4 Å². The zero-order valence-corrected chi connectivity index (χ0v) is 21.1. The molecule has 0 unspecified atom stereocenters. The summed E-state index contributed by atoms with van der Waals surface area (Å²) >= 11 is 9.57. The highest BCUT2D eigenvalue weighted by atomic mass is 79.9. The van der Waals surface area contributed by atoms with Gasteiger partial charge in [-0.25, -0.2) is 8.42 Å². The molecule has 3 aromatic rings. The maximum atomic E-state index is 13.4. The van der Waals surface area contributed by atoms with Crippen molar-refractivity contribution in [1.29, 1.82) is 0 Å². The molecule has 0 aliphatic heterocycles. The van der Waals surface area contributed by atoms with Gasteiger partial charge in [-0.1, -0.05) is 45.7 Å². The number of rotatable bonds is 9. The Morgan fingerprint density at radius 2 is 1.73 bits per heavy atom. The van der Waals surface area contributed by atoms with Crippen LogP contribution in [0.15, 0.2) is 76.1 Å². The van der Waals surface area contributed by atoms with Gasteiger partial charge in [-0.2, -0.15) is 4.31 Å². The molecule has 174 valence electrons. The maximum absolute atomic E-state index is 13.4. The zero-order valence-electron chi connectivity index (χ0n) is 17.9. The van der Waals surface area contributed by atoms with Crippen LogP contribution in [0, 0.1) is 0 Å². The maximum Gasteiger partial charge on any atom is 0.243 e. The van der Waals surface area contributed by atoms with Crippen molar-refractivity contribution in [3.8, 4) is 11.5 Å². The van der Waals surface area contributed by atoms with Crippen LogP contribution in [0.2, 0.25) is 5.02 Å². The number of sulfonamides is 1. The molecule has 1 amide bonds. The number of nitrogens with zero attached hydrogens (tertiary/aromatic N) is 1. The molecule has 0 aliphatic rings. The summed E-state index contributed by atoms with van der Waals surface area (Å²) in [6, 6.07) is 18.0. The van der Waals surface area contributed by atoms with E-state index < -0.39 is 22.5 Å². The van der Waals surface area contributed by atoms with Crippen molar-refractivity contribution in [3.63, 3.8) is 0 Å². The second-order valence-electron chi connectivity index (χ2n) is 6.93.